The Morgan fingerprint density at radius 1 is 1.14 bits per heavy atom. The normalized spacial score (nSPS) is 22.8. The second kappa shape index (κ2) is 10.5. The number of carbonyl (C=O) groups excluding carboxylic acids is 2. The maximum Gasteiger partial charge on any atom is 0.270 e. The van der Waals surface area contributed by atoms with Crippen LogP contribution in [-0.4, -0.2) is 52.8 Å². The van der Waals surface area contributed by atoms with E-state index in [-0.39, 0.29) is 24.0 Å². The van der Waals surface area contributed by atoms with Gasteiger partial charge in [0.25, 0.3) is 5.91 Å². The fourth-order valence-corrected chi connectivity index (χ4v) is 5.13. The highest BCUT2D eigenvalue weighted by Crippen LogP contribution is 2.33. The molecule has 3 aliphatic rings. The summed E-state index contributed by atoms with van der Waals surface area (Å²) in [5, 5.41) is 13.6. The molecule has 1 unspecified atom stereocenters. The van der Waals surface area contributed by atoms with Crippen LogP contribution in [0.4, 0.5) is 5.69 Å². The number of hydrogen-bond donors (Lipinski definition) is 3. The van der Waals surface area contributed by atoms with Crippen molar-refractivity contribution in [2.75, 3.05) is 18.5 Å². The van der Waals surface area contributed by atoms with E-state index in [1.807, 2.05) is 18.2 Å². The van der Waals surface area contributed by atoms with Crippen molar-refractivity contribution in [3.05, 3.63) is 47.0 Å². The molecule has 0 spiro atoms. The first kappa shape index (κ1) is 24.0. The molecule has 3 N–H and O–H groups in total. The molecule has 190 valence electrons. The monoisotopic (exact) mass is 492 g/mol. The van der Waals surface area contributed by atoms with Crippen molar-refractivity contribution >= 4 is 23.2 Å². The lowest BCUT2D eigenvalue weighted by atomic mass is 9.81. The Kier molecular flexibility index (Phi) is 7.02. The van der Waals surface area contributed by atoms with Gasteiger partial charge in [0.15, 0.2) is 0 Å². The summed E-state index contributed by atoms with van der Waals surface area (Å²) >= 11 is 0. The van der Waals surface area contributed by atoms with Gasteiger partial charge in [-0.1, -0.05) is 11.2 Å². The van der Waals surface area contributed by atoms with Gasteiger partial charge in [-0.25, -0.2) is 9.97 Å². The lowest BCUT2D eigenvalue weighted by Gasteiger charge is -2.31. The average molecular weight is 493 g/mol. The summed E-state index contributed by atoms with van der Waals surface area (Å²) in [6, 6.07) is 7.77. The fourth-order valence-electron chi connectivity index (χ4n) is 5.13. The Balaban J connectivity index is 1.18. The van der Waals surface area contributed by atoms with E-state index < -0.39 is 0 Å². The Morgan fingerprint density at radius 2 is 1.97 bits per heavy atom. The van der Waals surface area contributed by atoms with Crippen molar-refractivity contribution in [1.29, 1.82) is 0 Å². The second-order valence-electron chi connectivity index (χ2n) is 9.67. The van der Waals surface area contributed by atoms with Gasteiger partial charge < -0.3 is 25.5 Å². The summed E-state index contributed by atoms with van der Waals surface area (Å²) < 4.78 is 5.61. The molecule has 1 aromatic heterocycles. The van der Waals surface area contributed by atoms with Crippen LogP contribution in [0.5, 0.6) is 5.75 Å². The van der Waals surface area contributed by atoms with Crippen LogP contribution in [0.25, 0.3) is 0 Å². The third kappa shape index (κ3) is 5.58. The molecule has 10 nitrogen and oxygen atoms in total. The number of nitrogens with one attached hydrogen (secondary N) is 3. The molecule has 1 atom stereocenters. The number of aromatic nitrogens is 2. The largest absolute Gasteiger partial charge is 0.490 e. The molecular weight excluding hydrogens is 460 g/mol. The van der Waals surface area contributed by atoms with E-state index >= 15 is 0 Å². The second-order valence-corrected chi connectivity index (χ2v) is 9.67. The first-order chi connectivity index (χ1) is 17.4. The summed E-state index contributed by atoms with van der Waals surface area (Å²) in [5.41, 5.74) is 3.57. The SMILES string of the molecule is CC(=O)NC1CCC(C2CC(c3cc(C(=O)NCc4ccc5c(c4)NCCO5)nc(C)n3)=NO2)CC1. The molecule has 2 aliphatic heterocycles. The third-order valence-electron chi connectivity index (χ3n) is 6.94. The number of oxime groups is 1. The molecule has 1 aliphatic carbocycles. The van der Waals surface area contributed by atoms with E-state index in [4.69, 9.17) is 9.57 Å². The highest BCUT2D eigenvalue weighted by molar-refractivity contribution is 6.02. The zero-order valence-corrected chi connectivity index (χ0v) is 20.7. The molecule has 2 aromatic rings. The van der Waals surface area contributed by atoms with E-state index in [1.165, 1.54) is 0 Å². The molecule has 36 heavy (non-hydrogen) atoms. The van der Waals surface area contributed by atoms with Crippen LogP contribution < -0.4 is 20.7 Å². The van der Waals surface area contributed by atoms with Crippen molar-refractivity contribution in [2.45, 2.75) is 64.6 Å². The quantitative estimate of drug-likeness (QED) is 0.566. The van der Waals surface area contributed by atoms with E-state index in [1.54, 1.807) is 19.9 Å². The summed E-state index contributed by atoms with van der Waals surface area (Å²) in [5.74, 6) is 1.48. The highest BCUT2D eigenvalue weighted by atomic mass is 16.6. The molecule has 0 saturated heterocycles. The maximum absolute atomic E-state index is 12.9. The summed E-state index contributed by atoms with van der Waals surface area (Å²) in [6.45, 7) is 5.12. The van der Waals surface area contributed by atoms with Crippen LogP contribution in [-0.2, 0) is 16.2 Å². The van der Waals surface area contributed by atoms with Crippen LogP contribution in [0.2, 0.25) is 0 Å². The Hall–Kier alpha value is -3.69. The zero-order chi connectivity index (χ0) is 25.1. The van der Waals surface area contributed by atoms with E-state index in [2.05, 4.69) is 31.1 Å². The Labute approximate surface area is 210 Å². The Bertz CT molecular complexity index is 1180. The van der Waals surface area contributed by atoms with Gasteiger partial charge in [0.1, 0.15) is 35.7 Å². The summed E-state index contributed by atoms with van der Waals surface area (Å²) in [6.07, 6.45) is 4.51. The molecule has 5 rings (SSSR count). The van der Waals surface area contributed by atoms with Crippen LogP contribution in [0.15, 0.2) is 29.4 Å². The number of hydrogen-bond acceptors (Lipinski definition) is 8. The first-order valence-corrected chi connectivity index (χ1v) is 12.6. The molecule has 3 heterocycles. The number of carbonyl (C=O) groups is 2. The standard InChI is InChI=1S/C26H32N6O4/c1-15-29-20(21-13-25(36-32-21)18-4-6-19(7-5-18)31-16(2)33)12-23(30-15)26(34)28-14-17-3-8-24-22(11-17)27-9-10-35-24/h3,8,11-12,18-19,25,27H,4-7,9-10,13-14H2,1-2H3,(H,28,34)(H,31,33). The molecule has 10 heteroatoms. The number of fused-ring (bicyclic) bond motifs is 1. The topological polar surface area (TPSA) is 127 Å². The number of nitrogens with zero attached hydrogens (tertiary/aromatic N) is 3. The van der Waals surface area contributed by atoms with Crippen molar-refractivity contribution in [1.82, 2.24) is 20.6 Å². The molecule has 1 aromatic carbocycles. The average Bonchev–Trinajstić information content (AvgIpc) is 3.37. The van der Waals surface area contributed by atoms with Crippen molar-refractivity contribution < 1.29 is 19.2 Å². The van der Waals surface area contributed by atoms with Crippen molar-refractivity contribution in [3.63, 3.8) is 0 Å². The number of benzene rings is 1. The van der Waals surface area contributed by atoms with Crippen LogP contribution in [0.3, 0.4) is 0 Å². The van der Waals surface area contributed by atoms with Gasteiger partial charge in [0, 0.05) is 32.5 Å². The Morgan fingerprint density at radius 3 is 2.78 bits per heavy atom. The minimum absolute atomic E-state index is 0.00701. The number of ether oxygens (including phenoxy) is 1. The van der Waals surface area contributed by atoms with E-state index in [0.29, 0.717) is 42.7 Å². The molecule has 1 fully saturated rings. The number of anilines is 1. The lowest BCUT2D eigenvalue weighted by Crippen LogP contribution is -2.38. The smallest absolute Gasteiger partial charge is 0.270 e. The summed E-state index contributed by atoms with van der Waals surface area (Å²) in [7, 11) is 0. The van der Waals surface area contributed by atoms with Crippen molar-refractivity contribution in [3.8, 4) is 5.75 Å². The molecule has 0 bridgehead atoms. The van der Waals surface area contributed by atoms with Gasteiger partial charge in [-0.2, -0.15) is 0 Å². The predicted molar refractivity (Wildman–Crippen MR) is 134 cm³/mol. The predicted octanol–water partition coefficient (Wildman–Crippen LogP) is 2.71. The van der Waals surface area contributed by atoms with Crippen LogP contribution >= 0.6 is 0 Å². The van der Waals surface area contributed by atoms with Crippen LogP contribution in [0.1, 0.15) is 66.6 Å². The van der Waals surface area contributed by atoms with Gasteiger partial charge in [0.2, 0.25) is 5.91 Å². The van der Waals surface area contributed by atoms with Crippen LogP contribution in [0, 0.1) is 12.8 Å². The number of aryl methyl sites for hydroxylation is 1. The van der Waals surface area contributed by atoms with E-state index in [9.17, 15) is 9.59 Å². The maximum atomic E-state index is 12.9. The molecule has 1 saturated carbocycles. The third-order valence-corrected chi connectivity index (χ3v) is 6.94. The number of amides is 2. The lowest BCUT2D eigenvalue weighted by molar-refractivity contribution is -0.120. The van der Waals surface area contributed by atoms with Gasteiger partial charge in [0.05, 0.1) is 11.4 Å². The van der Waals surface area contributed by atoms with Crippen molar-refractivity contribution in [2.24, 2.45) is 11.1 Å². The zero-order valence-electron chi connectivity index (χ0n) is 20.7. The van der Waals surface area contributed by atoms with Gasteiger partial charge in [-0.15, -0.1) is 0 Å². The molecular formula is C26H32N6O4. The molecule has 2 amide bonds. The molecule has 0 radical (unpaired) electrons. The first-order valence-electron chi connectivity index (χ1n) is 12.6. The fraction of sp³-hybridized carbons (Fsp3) is 0.500. The summed E-state index contributed by atoms with van der Waals surface area (Å²) in [4.78, 5) is 38.9. The van der Waals surface area contributed by atoms with Gasteiger partial charge in [-0.3, -0.25) is 9.59 Å². The van der Waals surface area contributed by atoms with Gasteiger partial charge >= 0.3 is 0 Å². The van der Waals surface area contributed by atoms with E-state index in [0.717, 1.165) is 54.9 Å². The minimum Gasteiger partial charge on any atom is -0.490 e. The minimum atomic E-state index is -0.268. The highest BCUT2D eigenvalue weighted by Gasteiger charge is 2.34. The van der Waals surface area contributed by atoms with Gasteiger partial charge in [-0.05, 0) is 62.3 Å². The number of rotatable bonds is 6.